The molecule has 33 heavy (non-hydrogen) atoms. The van der Waals surface area contributed by atoms with Crippen LogP contribution in [0.15, 0.2) is 85.1 Å². The highest BCUT2D eigenvalue weighted by molar-refractivity contribution is 5.86. The molecule has 4 heteroatoms. The van der Waals surface area contributed by atoms with Gasteiger partial charge in [-0.25, -0.2) is 0 Å². The van der Waals surface area contributed by atoms with Gasteiger partial charge in [-0.3, -0.25) is 4.79 Å². The Morgan fingerprint density at radius 1 is 0.970 bits per heavy atom. The summed E-state index contributed by atoms with van der Waals surface area (Å²) in [6, 6.07) is 26.7. The molecule has 1 N–H and O–H groups in total. The minimum absolute atomic E-state index is 0.0662. The summed E-state index contributed by atoms with van der Waals surface area (Å²) in [5.41, 5.74) is 4.53. The molecular weight excluding hydrogens is 408 g/mol. The fraction of sp³-hybridized carbons (Fsp3) is 0.276. The summed E-state index contributed by atoms with van der Waals surface area (Å²) in [5.74, 6) is 1.23. The first-order valence-corrected chi connectivity index (χ1v) is 11.6. The third-order valence-electron chi connectivity index (χ3n) is 5.91. The highest BCUT2D eigenvalue weighted by Crippen LogP contribution is 2.35. The number of para-hydroxylation sites is 1. The molecule has 0 spiro atoms. The Bertz CT molecular complexity index is 1210. The van der Waals surface area contributed by atoms with Gasteiger partial charge >= 0.3 is 0 Å². The second-order valence-electron chi connectivity index (χ2n) is 9.01. The Morgan fingerprint density at radius 2 is 1.73 bits per heavy atom. The van der Waals surface area contributed by atoms with Crippen LogP contribution >= 0.6 is 0 Å². The van der Waals surface area contributed by atoms with Gasteiger partial charge in [0.2, 0.25) is 5.91 Å². The number of hydrogen-bond donors (Lipinski definition) is 1. The maximum Gasteiger partial charge on any atom is 0.220 e. The van der Waals surface area contributed by atoms with E-state index in [-0.39, 0.29) is 11.8 Å². The van der Waals surface area contributed by atoms with E-state index in [1.54, 1.807) is 0 Å². The molecule has 1 amide bonds. The maximum atomic E-state index is 12.9. The van der Waals surface area contributed by atoms with Gasteiger partial charge in [-0.1, -0.05) is 74.5 Å². The van der Waals surface area contributed by atoms with E-state index >= 15 is 0 Å². The third-order valence-corrected chi connectivity index (χ3v) is 5.91. The molecule has 1 aromatic heterocycles. The molecule has 0 saturated heterocycles. The second kappa shape index (κ2) is 10.4. The fourth-order valence-corrected chi connectivity index (χ4v) is 4.20. The molecule has 1 heterocycles. The second-order valence-corrected chi connectivity index (χ2v) is 9.01. The predicted octanol–water partition coefficient (Wildman–Crippen LogP) is 6.05. The van der Waals surface area contributed by atoms with E-state index in [1.807, 2.05) is 30.3 Å². The van der Waals surface area contributed by atoms with Gasteiger partial charge in [-0.05, 0) is 40.8 Å². The van der Waals surface area contributed by atoms with Crippen molar-refractivity contribution in [3.05, 3.63) is 102 Å². The summed E-state index contributed by atoms with van der Waals surface area (Å²) in [6.45, 7) is 5.41. The van der Waals surface area contributed by atoms with E-state index in [4.69, 9.17) is 4.74 Å². The van der Waals surface area contributed by atoms with Gasteiger partial charge in [0.05, 0.1) is 0 Å². The molecule has 3 aromatic carbocycles. The molecule has 4 rings (SSSR count). The summed E-state index contributed by atoms with van der Waals surface area (Å²) in [4.78, 5) is 12.9. The summed E-state index contributed by atoms with van der Waals surface area (Å²) in [5, 5.41) is 4.27. The lowest BCUT2D eigenvalue weighted by molar-refractivity contribution is -0.121. The molecule has 4 aromatic rings. The van der Waals surface area contributed by atoms with Gasteiger partial charge in [0.15, 0.2) is 0 Å². The van der Waals surface area contributed by atoms with E-state index in [0.717, 1.165) is 28.0 Å². The van der Waals surface area contributed by atoms with Crippen molar-refractivity contribution in [2.45, 2.75) is 32.8 Å². The first-order chi connectivity index (χ1) is 16.0. The zero-order valence-electron chi connectivity index (χ0n) is 19.6. The number of nitrogens with zero attached hydrogens (tertiary/aromatic N) is 1. The van der Waals surface area contributed by atoms with Crippen molar-refractivity contribution in [1.29, 1.82) is 0 Å². The maximum absolute atomic E-state index is 12.9. The van der Waals surface area contributed by atoms with Crippen LogP contribution in [0.5, 0.6) is 5.75 Å². The molecule has 0 saturated carbocycles. The van der Waals surface area contributed by atoms with Gasteiger partial charge in [0.1, 0.15) is 12.4 Å². The number of carbonyl (C=O) groups excluding carboxylic acids is 1. The highest BCUT2D eigenvalue weighted by Gasteiger charge is 2.23. The molecule has 0 bridgehead atoms. The molecule has 0 aliphatic heterocycles. The first kappa shape index (κ1) is 22.7. The average Bonchev–Trinajstić information content (AvgIpc) is 3.17. The standard InChI is InChI=1S/C29H32N2O2/c1-21(2)18-30-29(32)17-26(27-19-31(3)28-15-8-7-14-25(27)28)23-12-9-13-24(16-23)33-20-22-10-5-4-6-11-22/h4-16,19,21,26H,17-18,20H2,1-3H3,(H,30,32)/t26-/m1/s1. The van der Waals surface area contributed by atoms with Gasteiger partial charge in [0, 0.05) is 43.0 Å². The van der Waals surface area contributed by atoms with Crippen LogP contribution in [-0.4, -0.2) is 17.0 Å². The molecule has 0 unspecified atom stereocenters. The monoisotopic (exact) mass is 440 g/mol. The Morgan fingerprint density at radius 3 is 2.52 bits per heavy atom. The molecular formula is C29H32N2O2. The van der Waals surface area contributed by atoms with Crippen molar-refractivity contribution in [3.8, 4) is 5.75 Å². The lowest BCUT2D eigenvalue weighted by Crippen LogP contribution is -2.28. The lowest BCUT2D eigenvalue weighted by Gasteiger charge is -2.19. The number of hydrogen-bond acceptors (Lipinski definition) is 2. The van der Waals surface area contributed by atoms with Crippen LogP contribution in [0, 0.1) is 5.92 Å². The molecule has 1 atom stereocenters. The number of benzene rings is 3. The molecule has 0 fully saturated rings. The summed E-state index contributed by atoms with van der Waals surface area (Å²) < 4.78 is 8.23. The van der Waals surface area contributed by atoms with Crippen LogP contribution in [0.25, 0.3) is 10.9 Å². The van der Waals surface area contributed by atoms with E-state index in [9.17, 15) is 4.79 Å². The van der Waals surface area contributed by atoms with Crippen molar-refractivity contribution < 1.29 is 9.53 Å². The van der Waals surface area contributed by atoms with Crippen molar-refractivity contribution in [2.75, 3.05) is 6.54 Å². The summed E-state index contributed by atoms with van der Waals surface area (Å²) in [7, 11) is 2.06. The van der Waals surface area contributed by atoms with Crippen LogP contribution in [-0.2, 0) is 18.4 Å². The number of nitrogens with one attached hydrogen (secondary N) is 1. The Kier molecular flexibility index (Phi) is 7.13. The van der Waals surface area contributed by atoms with Crippen LogP contribution < -0.4 is 10.1 Å². The SMILES string of the molecule is CC(C)CNC(=O)C[C@H](c1cccc(OCc2ccccc2)c1)c1cn(C)c2ccccc12. The predicted molar refractivity (Wildman–Crippen MR) is 134 cm³/mol. The highest BCUT2D eigenvalue weighted by atomic mass is 16.5. The Balaban J connectivity index is 1.65. The number of ether oxygens (including phenoxy) is 1. The zero-order valence-corrected chi connectivity index (χ0v) is 19.6. The van der Waals surface area contributed by atoms with Crippen LogP contribution in [0.4, 0.5) is 0 Å². The first-order valence-electron chi connectivity index (χ1n) is 11.6. The molecule has 0 aliphatic rings. The Hall–Kier alpha value is -3.53. The van der Waals surface area contributed by atoms with Gasteiger partial charge in [-0.15, -0.1) is 0 Å². The van der Waals surface area contributed by atoms with Crippen molar-refractivity contribution >= 4 is 16.8 Å². The smallest absolute Gasteiger partial charge is 0.220 e. The summed E-state index contributed by atoms with van der Waals surface area (Å²) in [6.07, 6.45) is 2.55. The number of aryl methyl sites for hydroxylation is 1. The van der Waals surface area contributed by atoms with Crippen molar-refractivity contribution in [2.24, 2.45) is 13.0 Å². The normalized spacial score (nSPS) is 12.1. The number of rotatable bonds is 9. The van der Waals surface area contributed by atoms with Crippen LogP contribution in [0.3, 0.4) is 0 Å². The number of amides is 1. The largest absolute Gasteiger partial charge is 0.489 e. The van der Waals surface area contributed by atoms with Gasteiger partial charge in [0.25, 0.3) is 0 Å². The van der Waals surface area contributed by atoms with E-state index < -0.39 is 0 Å². The fourth-order valence-electron chi connectivity index (χ4n) is 4.20. The minimum Gasteiger partial charge on any atom is -0.489 e. The molecule has 170 valence electrons. The average molecular weight is 441 g/mol. The molecule has 0 aliphatic carbocycles. The minimum atomic E-state index is -0.0662. The zero-order chi connectivity index (χ0) is 23.2. The third kappa shape index (κ3) is 5.64. The van der Waals surface area contributed by atoms with Gasteiger partial charge < -0.3 is 14.6 Å². The quantitative estimate of drug-likeness (QED) is 0.344. The summed E-state index contributed by atoms with van der Waals surface area (Å²) >= 11 is 0. The number of aromatic nitrogens is 1. The van der Waals surface area contributed by atoms with Crippen LogP contribution in [0.2, 0.25) is 0 Å². The van der Waals surface area contributed by atoms with Gasteiger partial charge in [-0.2, -0.15) is 0 Å². The van der Waals surface area contributed by atoms with Crippen molar-refractivity contribution in [1.82, 2.24) is 9.88 Å². The number of fused-ring (bicyclic) bond motifs is 1. The molecule has 4 nitrogen and oxygen atoms in total. The van der Waals surface area contributed by atoms with E-state index in [2.05, 4.69) is 85.5 Å². The van der Waals surface area contributed by atoms with E-state index in [1.165, 1.54) is 5.39 Å². The molecule has 0 radical (unpaired) electrons. The van der Waals surface area contributed by atoms with Crippen molar-refractivity contribution in [3.63, 3.8) is 0 Å². The topological polar surface area (TPSA) is 43.3 Å². The Labute approximate surface area is 196 Å². The lowest BCUT2D eigenvalue weighted by atomic mass is 9.88. The van der Waals surface area contributed by atoms with Crippen LogP contribution in [0.1, 0.15) is 42.9 Å². The number of carbonyl (C=O) groups is 1. The van der Waals surface area contributed by atoms with E-state index in [0.29, 0.717) is 25.5 Å².